The predicted molar refractivity (Wildman–Crippen MR) is 116 cm³/mol. The van der Waals surface area contributed by atoms with E-state index in [9.17, 15) is 9.18 Å². The average Bonchev–Trinajstić information content (AvgIpc) is 3.40. The molecule has 0 radical (unpaired) electrons. The van der Waals surface area contributed by atoms with Crippen LogP contribution in [-0.2, 0) is 4.79 Å². The van der Waals surface area contributed by atoms with Crippen molar-refractivity contribution in [3.05, 3.63) is 88.5 Å². The van der Waals surface area contributed by atoms with E-state index in [4.69, 9.17) is 0 Å². The Kier molecular flexibility index (Phi) is 5.74. The molecule has 2 atom stereocenters. The first-order valence-corrected chi connectivity index (χ1v) is 10.5. The zero-order valence-corrected chi connectivity index (χ0v) is 16.9. The van der Waals surface area contributed by atoms with Crippen LogP contribution >= 0.6 is 11.3 Å². The molecule has 4 rings (SSSR count). The van der Waals surface area contributed by atoms with Crippen LogP contribution in [-0.4, -0.2) is 23.5 Å². The van der Waals surface area contributed by atoms with Gasteiger partial charge in [0.05, 0.1) is 12.5 Å². The molecule has 2 aromatic carbocycles. The van der Waals surface area contributed by atoms with Crippen LogP contribution in [0.1, 0.15) is 23.3 Å². The van der Waals surface area contributed by atoms with Crippen LogP contribution in [0, 0.1) is 5.82 Å². The Hall–Kier alpha value is -2.96. The number of para-hydroxylation sites is 1. The summed E-state index contributed by atoms with van der Waals surface area (Å²) < 4.78 is 13.1. The molecule has 1 amide bonds. The molecule has 0 aliphatic heterocycles. The number of quaternary nitrogens is 1. The number of hydrogen-bond acceptors (Lipinski definition) is 2. The van der Waals surface area contributed by atoms with E-state index in [0.717, 1.165) is 12.1 Å². The monoisotopic (exact) mass is 408 g/mol. The van der Waals surface area contributed by atoms with Crippen molar-refractivity contribution in [2.45, 2.75) is 18.9 Å². The van der Waals surface area contributed by atoms with Gasteiger partial charge in [0.25, 0.3) is 5.91 Å². The third-order valence-corrected chi connectivity index (χ3v) is 6.12. The summed E-state index contributed by atoms with van der Waals surface area (Å²) >= 11 is 1.73. The second-order valence-electron chi connectivity index (χ2n) is 7.11. The first kappa shape index (κ1) is 19.4. The maximum Gasteiger partial charge on any atom is 0.282 e. The van der Waals surface area contributed by atoms with Crippen LogP contribution in [0.5, 0.6) is 0 Å². The topological polar surface area (TPSA) is 61.5 Å². The standard InChI is InChI=1S/C23H22FN3OS/c1-15(23(28)27-17-10-8-16(24)9-11-17)25-14-20(22-7-4-12-29-22)19-13-26-21-6-3-2-5-18(19)21/h2-13,15,20,25-26H,14H2,1H3,(H,27,28)/p+1/t15-,20-/m0/s1. The Morgan fingerprint density at radius 2 is 1.93 bits per heavy atom. The summed E-state index contributed by atoms with van der Waals surface area (Å²) in [7, 11) is 0. The molecule has 4 N–H and O–H groups in total. The number of rotatable bonds is 7. The van der Waals surface area contributed by atoms with Gasteiger partial charge in [-0.15, -0.1) is 11.3 Å². The smallest absolute Gasteiger partial charge is 0.282 e. The lowest BCUT2D eigenvalue weighted by atomic mass is 9.96. The number of hydrogen-bond donors (Lipinski definition) is 3. The van der Waals surface area contributed by atoms with Crippen LogP contribution in [0.2, 0.25) is 0 Å². The fourth-order valence-electron chi connectivity index (χ4n) is 3.50. The Morgan fingerprint density at radius 3 is 2.69 bits per heavy atom. The van der Waals surface area contributed by atoms with Crippen LogP contribution in [0.25, 0.3) is 10.9 Å². The number of anilines is 1. The largest absolute Gasteiger partial charge is 0.361 e. The number of carbonyl (C=O) groups is 1. The normalized spacial score (nSPS) is 13.3. The van der Waals surface area contributed by atoms with Crippen molar-refractivity contribution >= 4 is 33.8 Å². The minimum atomic E-state index is -0.319. The number of nitrogens with two attached hydrogens (primary N) is 1. The fraction of sp³-hybridized carbons (Fsp3) is 0.174. The zero-order chi connectivity index (χ0) is 20.2. The Labute approximate surface area is 172 Å². The van der Waals surface area contributed by atoms with E-state index in [1.807, 2.05) is 19.1 Å². The zero-order valence-electron chi connectivity index (χ0n) is 16.1. The number of amides is 1. The summed E-state index contributed by atoms with van der Waals surface area (Å²) in [4.78, 5) is 17.2. The van der Waals surface area contributed by atoms with E-state index in [-0.39, 0.29) is 23.7 Å². The number of aromatic amines is 1. The molecule has 0 saturated heterocycles. The molecule has 0 spiro atoms. The van der Waals surface area contributed by atoms with Gasteiger partial charge in [0.2, 0.25) is 0 Å². The molecular weight excluding hydrogens is 385 g/mol. The van der Waals surface area contributed by atoms with Gasteiger partial charge in [-0.2, -0.15) is 0 Å². The highest BCUT2D eigenvalue weighted by atomic mass is 32.1. The Balaban J connectivity index is 1.48. The molecule has 4 aromatic rings. The molecule has 0 fully saturated rings. The van der Waals surface area contributed by atoms with Crippen molar-refractivity contribution in [2.75, 3.05) is 11.9 Å². The molecule has 0 saturated carbocycles. The third kappa shape index (κ3) is 4.39. The van der Waals surface area contributed by atoms with Crippen LogP contribution in [0.3, 0.4) is 0 Å². The summed E-state index contributed by atoms with van der Waals surface area (Å²) in [5, 5.41) is 8.21. The molecule has 4 nitrogen and oxygen atoms in total. The second-order valence-corrected chi connectivity index (χ2v) is 8.09. The van der Waals surface area contributed by atoms with Crippen molar-refractivity contribution in [2.24, 2.45) is 0 Å². The van der Waals surface area contributed by atoms with E-state index >= 15 is 0 Å². The molecular formula is C23H23FN3OS+. The Morgan fingerprint density at radius 1 is 1.14 bits per heavy atom. The average molecular weight is 409 g/mol. The van der Waals surface area contributed by atoms with Gasteiger partial charge in [0, 0.05) is 27.7 Å². The summed E-state index contributed by atoms with van der Waals surface area (Å²) in [6.07, 6.45) is 2.08. The van der Waals surface area contributed by atoms with Crippen LogP contribution in [0.4, 0.5) is 10.1 Å². The number of benzene rings is 2. The van der Waals surface area contributed by atoms with E-state index in [1.165, 1.54) is 28.0 Å². The summed E-state index contributed by atoms with van der Waals surface area (Å²) in [6.45, 7) is 2.64. The van der Waals surface area contributed by atoms with Gasteiger partial charge in [-0.3, -0.25) is 4.79 Å². The minimum absolute atomic E-state index is 0.0968. The molecule has 148 valence electrons. The SMILES string of the molecule is C[C@H]([NH2+]C[C@H](c1cccs1)c1c[nH]c2ccccc12)C(=O)Nc1ccc(F)cc1. The highest BCUT2D eigenvalue weighted by molar-refractivity contribution is 7.10. The summed E-state index contributed by atoms with van der Waals surface area (Å²) in [6, 6.07) is 18.0. The number of carbonyl (C=O) groups excluding carboxylic acids is 1. The van der Waals surface area contributed by atoms with Crippen LogP contribution < -0.4 is 10.6 Å². The van der Waals surface area contributed by atoms with E-state index < -0.39 is 0 Å². The highest BCUT2D eigenvalue weighted by Gasteiger charge is 2.24. The maximum absolute atomic E-state index is 13.1. The molecule has 0 unspecified atom stereocenters. The lowest BCUT2D eigenvalue weighted by Gasteiger charge is -2.17. The molecule has 0 bridgehead atoms. The molecule has 2 heterocycles. The highest BCUT2D eigenvalue weighted by Crippen LogP contribution is 2.32. The number of fused-ring (bicyclic) bond motifs is 1. The molecule has 0 aliphatic carbocycles. The first-order valence-electron chi connectivity index (χ1n) is 9.61. The third-order valence-electron chi connectivity index (χ3n) is 5.13. The number of H-pyrrole nitrogens is 1. The summed E-state index contributed by atoms with van der Waals surface area (Å²) in [5.74, 6) is -0.229. The van der Waals surface area contributed by atoms with Gasteiger partial charge in [-0.05, 0) is 54.3 Å². The van der Waals surface area contributed by atoms with Gasteiger partial charge >= 0.3 is 0 Å². The van der Waals surface area contributed by atoms with Gasteiger partial charge in [-0.25, -0.2) is 4.39 Å². The van der Waals surface area contributed by atoms with Crippen molar-refractivity contribution in [3.8, 4) is 0 Å². The minimum Gasteiger partial charge on any atom is -0.361 e. The first-order chi connectivity index (χ1) is 14.1. The van der Waals surface area contributed by atoms with Gasteiger partial charge in [0.15, 0.2) is 6.04 Å². The quantitative estimate of drug-likeness (QED) is 0.424. The van der Waals surface area contributed by atoms with Crippen molar-refractivity contribution in [1.82, 2.24) is 4.98 Å². The van der Waals surface area contributed by atoms with Crippen molar-refractivity contribution in [3.63, 3.8) is 0 Å². The molecule has 6 heteroatoms. The van der Waals surface area contributed by atoms with E-state index in [2.05, 4.69) is 51.5 Å². The van der Waals surface area contributed by atoms with Gasteiger partial charge < -0.3 is 15.6 Å². The van der Waals surface area contributed by atoms with Gasteiger partial charge in [-0.1, -0.05) is 24.3 Å². The number of thiophene rings is 1. The Bertz CT molecular complexity index is 1090. The maximum atomic E-state index is 13.1. The number of halogens is 1. The van der Waals surface area contributed by atoms with Crippen LogP contribution in [0.15, 0.2) is 72.2 Å². The number of nitrogens with one attached hydrogen (secondary N) is 2. The fourth-order valence-corrected chi connectivity index (χ4v) is 4.36. The van der Waals surface area contributed by atoms with E-state index in [0.29, 0.717) is 5.69 Å². The van der Waals surface area contributed by atoms with E-state index in [1.54, 1.807) is 23.5 Å². The van der Waals surface area contributed by atoms with Gasteiger partial charge in [0.1, 0.15) is 5.82 Å². The van der Waals surface area contributed by atoms with Crippen molar-refractivity contribution < 1.29 is 14.5 Å². The predicted octanol–water partition coefficient (Wildman–Crippen LogP) is 4.09. The summed E-state index contributed by atoms with van der Waals surface area (Å²) in [5.41, 5.74) is 2.96. The second kappa shape index (κ2) is 8.59. The van der Waals surface area contributed by atoms with Crippen molar-refractivity contribution in [1.29, 1.82) is 0 Å². The molecule has 29 heavy (non-hydrogen) atoms. The lowest BCUT2D eigenvalue weighted by Crippen LogP contribution is -2.92. The number of aromatic nitrogens is 1. The lowest BCUT2D eigenvalue weighted by molar-refractivity contribution is -0.674. The molecule has 0 aliphatic rings. The molecule has 2 aromatic heterocycles.